The van der Waals surface area contributed by atoms with Crippen molar-refractivity contribution in [2.75, 3.05) is 26.0 Å². The zero-order chi connectivity index (χ0) is 28.8. The van der Waals surface area contributed by atoms with Gasteiger partial charge in [-0.25, -0.2) is 0 Å². The lowest BCUT2D eigenvalue weighted by atomic mass is 9.91. The van der Waals surface area contributed by atoms with E-state index in [2.05, 4.69) is 21.3 Å². The number of aliphatic carboxylic acids is 1. The zero-order valence-electron chi connectivity index (χ0n) is 21.4. The van der Waals surface area contributed by atoms with E-state index >= 15 is 0 Å². The molecule has 15 heteroatoms. The van der Waals surface area contributed by atoms with Crippen molar-refractivity contribution in [2.24, 2.45) is 0 Å². The van der Waals surface area contributed by atoms with Crippen molar-refractivity contribution in [3.05, 3.63) is 17.7 Å². The molecule has 1 aromatic rings. The number of carbonyl (C=O) groups is 4. The maximum atomic E-state index is 13.0. The molecule has 38 heavy (non-hydrogen) atoms. The Morgan fingerprint density at radius 1 is 1.21 bits per heavy atom. The van der Waals surface area contributed by atoms with Crippen LogP contribution in [0.1, 0.15) is 38.9 Å². The summed E-state index contributed by atoms with van der Waals surface area (Å²) in [5.74, 6) is -4.83. The first-order valence-corrected chi connectivity index (χ1v) is 13.1. The Hall–Kier alpha value is -3.27. The normalized spacial score (nSPS) is 26.9. The molecule has 1 aromatic carbocycles. The second-order valence-corrected chi connectivity index (χ2v) is 10.4. The molecule has 8 N–H and O–H groups in total. The van der Waals surface area contributed by atoms with Crippen LogP contribution in [0.15, 0.2) is 17.0 Å². The summed E-state index contributed by atoms with van der Waals surface area (Å²) in [4.78, 5) is 50.0. The summed E-state index contributed by atoms with van der Waals surface area (Å²) in [5.41, 5.74) is -1.64. The molecule has 3 amide bonds. The highest BCUT2D eigenvalue weighted by atomic mass is 32.2. The number of carbonyl (C=O) groups excluding carboxylic acids is 3. The van der Waals surface area contributed by atoms with E-state index in [0.29, 0.717) is 0 Å². The van der Waals surface area contributed by atoms with Gasteiger partial charge in [0.25, 0.3) is 0 Å². The van der Waals surface area contributed by atoms with E-state index in [1.807, 2.05) is 0 Å². The standard InChI is InChI=1S/C23H34N4O10S/c1-5-23(3)19(22(35)25-10-16(30)31)27-20(33)11(2)26-21(34)17(24-4)18(32)12-8-14(37-23)13(29)9-15(12)38(36)7-6-28/h8-9,11,17-19,24,28-29,32H,5-7,10H2,1-4H3,(H,25,35)(H,26,34)(H,27,33)(H,30,31)/t11-,17-,18+,19+,23+,38+/m0/s1. The lowest BCUT2D eigenvalue weighted by Crippen LogP contribution is -2.64. The summed E-state index contributed by atoms with van der Waals surface area (Å²) in [6.45, 7) is 3.22. The van der Waals surface area contributed by atoms with Crippen molar-refractivity contribution in [2.45, 2.75) is 61.9 Å². The van der Waals surface area contributed by atoms with Gasteiger partial charge in [-0.05, 0) is 33.4 Å². The van der Waals surface area contributed by atoms with Gasteiger partial charge in [-0.3, -0.25) is 23.4 Å². The van der Waals surface area contributed by atoms with Gasteiger partial charge >= 0.3 is 5.97 Å². The minimum atomic E-state index is -1.89. The number of ether oxygens (including phenoxy) is 1. The van der Waals surface area contributed by atoms with Gasteiger partial charge in [0.1, 0.15) is 36.4 Å². The van der Waals surface area contributed by atoms with Gasteiger partial charge in [-0.15, -0.1) is 0 Å². The van der Waals surface area contributed by atoms with Gasteiger partial charge < -0.3 is 46.4 Å². The molecule has 1 heterocycles. The number of amides is 3. The van der Waals surface area contributed by atoms with Gasteiger partial charge in [0.05, 0.1) is 23.2 Å². The number of aromatic hydroxyl groups is 1. The number of rotatable bonds is 8. The molecular formula is C23H34N4O10S. The third-order valence-electron chi connectivity index (χ3n) is 6.21. The van der Waals surface area contributed by atoms with Crippen LogP contribution in [-0.4, -0.2) is 98.0 Å². The number of phenols is 1. The first-order chi connectivity index (χ1) is 17.8. The summed E-state index contributed by atoms with van der Waals surface area (Å²) in [5, 5.41) is 49.9. The first-order valence-electron chi connectivity index (χ1n) is 11.8. The SMILES string of the molecule is CC[C@@]1(C)Oc2cc(c([S@](=O)CCO)cc2O)[C@@H](O)[C@H](NC)C(=O)N[C@@H](C)C(=O)N[C@@H]1C(=O)NCC(=O)O. The number of nitrogens with one attached hydrogen (secondary N) is 4. The fraction of sp³-hybridized carbons (Fsp3) is 0.565. The highest BCUT2D eigenvalue weighted by Crippen LogP contribution is 2.38. The van der Waals surface area contributed by atoms with Crippen molar-refractivity contribution in [1.82, 2.24) is 21.3 Å². The molecule has 6 atom stereocenters. The molecule has 1 aliphatic heterocycles. The molecule has 0 aromatic heterocycles. The van der Waals surface area contributed by atoms with E-state index in [9.17, 15) is 38.7 Å². The molecule has 2 bridgehead atoms. The monoisotopic (exact) mass is 558 g/mol. The van der Waals surface area contributed by atoms with Gasteiger partial charge in [-0.2, -0.15) is 0 Å². The third-order valence-corrected chi connectivity index (χ3v) is 7.61. The Kier molecular flexibility index (Phi) is 10.6. The Bertz CT molecular complexity index is 1100. The van der Waals surface area contributed by atoms with Gasteiger partial charge in [0.2, 0.25) is 17.7 Å². The van der Waals surface area contributed by atoms with E-state index in [-0.39, 0.29) is 28.4 Å². The van der Waals surface area contributed by atoms with Crippen LogP contribution in [0, 0.1) is 0 Å². The zero-order valence-corrected chi connectivity index (χ0v) is 22.3. The molecule has 1 aliphatic rings. The molecule has 14 nitrogen and oxygen atoms in total. The minimum absolute atomic E-state index is 0.0596. The predicted octanol–water partition coefficient (Wildman–Crippen LogP) is -2.14. The van der Waals surface area contributed by atoms with Gasteiger partial charge in [0.15, 0.2) is 11.5 Å². The fourth-order valence-electron chi connectivity index (χ4n) is 3.86. The topological polar surface area (TPSA) is 224 Å². The second kappa shape index (κ2) is 13.0. The second-order valence-electron chi connectivity index (χ2n) is 8.89. The number of aliphatic hydroxyl groups excluding tert-OH is 2. The molecule has 0 fully saturated rings. The molecule has 0 unspecified atom stereocenters. The summed E-state index contributed by atoms with van der Waals surface area (Å²) < 4.78 is 18.9. The third kappa shape index (κ3) is 6.98. The number of aliphatic hydroxyl groups is 2. The van der Waals surface area contributed by atoms with Crippen LogP contribution in [0.2, 0.25) is 0 Å². The number of fused-ring (bicyclic) bond motifs is 2. The van der Waals surface area contributed by atoms with Crippen molar-refractivity contribution in [3.63, 3.8) is 0 Å². The lowest BCUT2D eigenvalue weighted by Gasteiger charge is -2.37. The fourth-order valence-corrected chi connectivity index (χ4v) is 4.93. The maximum absolute atomic E-state index is 13.0. The molecule has 0 radical (unpaired) electrons. The summed E-state index contributed by atoms with van der Waals surface area (Å²) in [6, 6.07) is -1.80. The molecule has 212 valence electrons. The number of carboxylic acid groups (broad SMARTS) is 1. The smallest absolute Gasteiger partial charge is 0.322 e. The van der Waals surface area contributed by atoms with Crippen LogP contribution in [-0.2, 0) is 30.0 Å². The quantitative estimate of drug-likeness (QED) is 0.172. The van der Waals surface area contributed by atoms with Crippen LogP contribution in [0.25, 0.3) is 0 Å². The van der Waals surface area contributed by atoms with E-state index in [1.54, 1.807) is 6.92 Å². The van der Waals surface area contributed by atoms with E-state index in [4.69, 9.17) is 9.84 Å². The number of benzene rings is 1. The largest absolute Gasteiger partial charge is 0.504 e. The van der Waals surface area contributed by atoms with Crippen molar-refractivity contribution < 1.29 is 48.6 Å². The van der Waals surface area contributed by atoms with Crippen molar-refractivity contribution in [1.29, 1.82) is 0 Å². The van der Waals surface area contributed by atoms with E-state index < -0.39 is 83.2 Å². The summed E-state index contributed by atoms with van der Waals surface area (Å²) in [6.07, 6.45) is -1.58. The van der Waals surface area contributed by atoms with Gasteiger partial charge in [-0.1, -0.05) is 6.92 Å². The first kappa shape index (κ1) is 31.0. The van der Waals surface area contributed by atoms with E-state index in [0.717, 1.165) is 6.07 Å². The van der Waals surface area contributed by atoms with Crippen LogP contribution in [0.3, 0.4) is 0 Å². The molecule has 2 rings (SSSR count). The highest BCUT2D eigenvalue weighted by molar-refractivity contribution is 7.85. The Labute approximate surface area is 221 Å². The molecule has 0 saturated heterocycles. The van der Waals surface area contributed by atoms with Crippen LogP contribution in [0.4, 0.5) is 0 Å². The maximum Gasteiger partial charge on any atom is 0.322 e. The van der Waals surface area contributed by atoms with Crippen LogP contribution < -0.4 is 26.0 Å². The minimum Gasteiger partial charge on any atom is -0.504 e. The molecule has 0 saturated carbocycles. The Balaban J connectivity index is 2.76. The van der Waals surface area contributed by atoms with Crippen molar-refractivity contribution in [3.8, 4) is 11.5 Å². The number of hydrogen-bond acceptors (Lipinski definition) is 10. The summed E-state index contributed by atoms with van der Waals surface area (Å²) >= 11 is 0. The Morgan fingerprint density at radius 3 is 2.42 bits per heavy atom. The van der Waals surface area contributed by atoms with Crippen LogP contribution in [0.5, 0.6) is 11.5 Å². The molecule has 0 spiro atoms. The number of carboxylic acids is 1. The molecule has 0 aliphatic carbocycles. The Morgan fingerprint density at radius 2 is 1.87 bits per heavy atom. The average molecular weight is 559 g/mol. The van der Waals surface area contributed by atoms with Gasteiger partial charge in [0, 0.05) is 16.5 Å². The summed E-state index contributed by atoms with van der Waals surface area (Å²) in [7, 11) is -0.505. The average Bonchev–Trinajstić information content (AvgIpc) is 2.86. The van der Waals surface area contributed by atoms with Crippen molar-refractivity contribution >= 4 is 34.5 Å². The number of likely N-dealkylation sites (N-methyl/N-ethyl adjacent to an activating group) is 1. The lowest BCUT2D eigenvalue weighted by molar-refractivity contribution is -0.140. The van der Waals surface area contributed by atoms with Crippen LogP contribution >= 0.6 is 0 Å². The highest BCUT2D eigenvalue weighted by Gasteiger charge is 2.43. The molecular weight excluding hydrogens is 524 g/mol. The predicted molar refractivity (Wildman–Crippen MR) is 134 cm³/mol. The van der Waals surface area contributed by atoms with E-state index in [1.165, 1.54) is 27.0 Å². The number of hydrogen-bond donors (Lipinski definition) is 8. The number of phenolic OH excluding ortho intramolecular Hbond substituents is 1.